The Morgan fingerprint density at radius 2 is 1.90 bits per heavy atom. The van der Waals surface area contributed by atoms with E-state index in [4.69, 9.17) is 4.74 Å². The van der Waals surface area contributed by atoms with E-state index in [-0.39, 0.29) is 5.82 Å². The van der Waals surface area contributed by atoms with E-state index in [1.807, 2.05) is 0 Å². The molecule has 0 heterocycles. The predicted molar refractivity (Wildman–Crippen MR) is 80.4 cm³/mol. The average Bonchev–Trinajstić information content (AvgIpc) is 3.24. The van der Waals surface area contributed by atoms with Crippen LogP contribution in [-0.2, 0) is 6.54 Å². The summed E-state index contributed by atoms with van der Waals surface area (Å²) in [5, 5.41) is 3.32. The third kappa shape index (κ3) is 4.02. The summed E-state index contributed by atoms with van der Waals surface area (Å²) in [6, 6.07) is 9.22. The topological polar surface area (TPSA) is 21.3 Å². The second-order valence-corrected chi connectivity index (χ2v) is 5.98. The smallest absolute Gasteiger partial charge is 0.144 e. The lowest BCUT2D eigenvalue weighted by molar-refractivity contribution is 0.467. The van der Waals surface area contributed by atoms with Gasteiger partial charge in [-0.05, 0) is 58.6 Å². The Hall–Kier alpha value is -1.46. The minimum Gasteiger partial charge on any atom is -0.456 e. The van der Waals surface area contributed by atoms with E-state index in [1.54, 1.807) is 12.1 Å². The van der Waals surface area contributed by atoms with Crippen molar-refractivity contribution in [3.05, 3.63) is 58.1 Å². The molecule has 0 saturated heterocycles. The van der Waals surface area contributed by atoms with Gasteiger partial charge in [0.1, 0.15) is 23.1 Å². The van der Waals surface area contributed by atoms with Crippen LogP contribution in [0.4, 0.5) is 8.78 Å². The molecule has 0 aromatic heterocycles. The van der Waals surface area contributed by atoms with Crippen molar-refractivity contribution in [3.63, 3.8) is 0 Å². The molecule has 0 radical (unpaired) electrons. The Kier molecular flexibility index (Phi) is 4.22. The lowest BCUT2D eigenvalue weighted by atomic mass is 10.2. The molecule has 0 bridgehead atoms. The molecule has 2 aromatic carbocycles. The van der Waals surface area contributed by atoms with Crippen molar-refractivity contribution >= 4 is 15.9 Å². The van der Waals surface area contributed by atoms with Crippen LogP contribution < -0.4 is 10.1 Å². The zero-order valence-corrected chi connectivity index (χ0v) is 12.8. The lowest BCUT2D eigenvalue weighted by Crippen LogP contribution is -2.15. The van der Waals surface area contributed by atoms with Gasteiger partial charge in [-0.1, -0.05) is 0 Å². The summed E-state index contributed by atoms with van der Waals surface area (Å²) in [6.45, 7) is 0.600. The molecule has 0 aliphatic heterocycles. The Morgan fingerprint density at radius 3 is 2.67 bits per heavy atom. The van der Waals surface area contributed by atoms with Gasteiger partial charge in [-0.25, -0.2) is 8.78 Å². The first-order valence-electron chi connectivity index (χ1n) is 6.76. The Labute approximate surface area is 130 Å². The third-order valence-corrected chi connectivity index (χ3v) is 3.88. The highest BCUT2D eigenvalue weighted by Gasteiger charge is 2.20. The highest BCUT2D eigenvalue weighted by atomic mass is 79.9. The second-order valence-electron chi connectivity index (χ2n) is 5.13. The van der Waals surface area contributed by atoms with Crippen molar-refractivity contribution in [2.75, 3.05) is 0 Å². The van der Waals surface area contributed by atoms with E-state index in [2.05, 4.69) is 21.2 Å². The number of hydrogen-bond donors (Lipinski definition) is 1. The molecule has 2 aromatic rings. The van der Waals surface area contributed by atoms with Crippen molar-refractivity contribution in [3.8, 4) is 11.5 Å². The van der Waals surface area contributed by atoms with Gasteiger partial charge in [0.25, 0.3) is 0 Å². The molecule has 21 heavy (non-hydrogen) atoms. The number of nitrogens with one attached hydrogen (secondary N) is 1. The van der Waals surface area contributed by atoms with Gasteiger partial charge in [0.05, 0.1) is 4.47 Å². The summed E-state index contributed by atoms with van der Waals surface area (Å²) in [4.78, 5) is 0. The fraction of sp³-hybridized carbons (Fsp3) is 0.250. The lowest BCUT2D eigenvalue weighted by Gasteiger charge is -2.10. The zero-order chi connectivity index (χ0) is 14.8. The fourth-order valence-electron chi connectivity index (χ4n) is 2.01. The van der Waals surface area contributed by atoms with Crippen molar-refractivity contribution in [2.45, 2.75) is 25.4 Å². The molecule has 1 fully saturated rings. The summed E-state index contributed by atoms with van der Waals surface area (Å²) >= 11 is 3.29. The Balaban J connectivity index is 1.78. The maximum absolute atomic E-state index is 13.7. The van der Waals surface area contributed by atoms with E-state index in [0.717, 1.165) is 5.56 Å². The SMILES string of the molecule is Fc1cc(CNC2CC2)cc(Oc2cc(F)ccc2Br)c1. The van der Waals surface area contributed by atoms with Crippen molar-refractivity contribution in [2.24, 2.45) is 0 Å². The number of hydrogen-bond acceptors (Lipinski definition) is 2. The number of ether oxygens (including phenoxy) is 1. The van der Waals surface area contributed by atoms with E-state index in [0.29, 0.717) is 28.6 Å². The fourth-order valence-corrected chi connectivity index (χ4v) is 2.34. The van der Waals surface area contributed by atoms with Gasteiger partial charge < -0.3 is 10.1 Å². The quantitative estimate of drug-likeness (QED) is 0.835. The van der Waals surface area contributed by atoms with Crippen LogP contribution in [-0.4, -0.2) is 6.04 Å². The summed E-state index contributed by atoms with van der Waals surface area (Å²) in [6.07, 6.45) is 2.35. The maximum Gasteiger partial charge on any atom is 0.144 e. The normalized spacial score (nSPS) is 14.2. The third-order valence-electron chi connectivity index (χ3n) is 3.22. The molecule has 0 spiro atoms. The zero-order valence-electron chi connectivity index (χ0n) is 11.2. The van der Waals surface area contributed by atoms with E-state index in [9.17, 15) is 8.78 Å². The highest BCUT2D eigenvalue weighted by Crippen LogP contribution is 2.31. The maximum atomic E-state index is 13.7. The van der Waals surface area contributed by atoms with Gasteiger partial charge in [-0.15, -0.1) is 0 Å². The molecule has 110 valence electrons. The number of halogens is 3. The molecule has 0 unspecified atom stereocenters. The standard InChI is InChI=1S/C16H14BrF2NO/c17-15-4-1-11(18)8-16(15)21-14-6-10(5-12(19)7-14)9-20-13-2-3-13/h1,4-8,13,20H,2-3,9H2. The molecule has 2 nitrogen and oxygen atoms in total. The highest BCUT2D eigenvalue weighted by molar-refractivity contribution is 9.10. The molecule has 5 heteroatoms. The van der Waals surface area contributed by atoms with E-state index in [1.165, 1.54) is 37.1 Å². The molecule has 0 atom stereocenters. The van der Waals surface area contributed by atoms with Crippen LogP contribution in [0.3, 0.4) is 0 Å². The summed E-state index contributed by atoms with van der Waals surface area (Å²) in [7, 11) is 0. The largest absolute Gasteiger partial charge is 0.456 e. The van der Waals surface area contributed by atoms with Crippen LogP contribution in [0.2, 0.25) is 0 Å². The molecule has 0 amide bonds. The summed E-state index contributed by atoms with van der Waals surface area (Å²) in [5.74, 6) is -0.0940. The summed E-state index contributed by atoms with van der Waals surface area (Å²) in [5.41, 5.74) is 0.810. The monoisotopic (exact) mass is 353 g/mol. The van der Waals surface area contributed by atoms with Gasteiger partial charge in [0.2, 0.25) is 0 Å². The van der Waals surface area contributed by atoms with E-state index >= 15 is 0 Å². The number of rotatable bonds is 5. The molecule has 1 aliphatic rings. The molecule has 3 rings (SSSR count). The first-order valence-corrected chi connectivity index (χ1v) is 7.55. The Morgan fingerprint density at radius 1 is 1.10 bits per heavy atom. The van der Waals surface area contributed by atoms with Gasteiger partial charge in [-0.3, -0.25) is 0 Å². The minimum atomic E-state index is -0.403. The second kappa shape index (κ2) is 6.12. The molecule has 1 aliphatic carbocycles. The van der Waals surface area contributed by atoms with Gasteiger partial charge >= 0.3 is 0 Å². The molecular weight excluding hydrogens is 340 g/mol. The molecule has 1 saturated carbocycles. The van der Waals surface area contributed by atoms with Gasteiger partial charge in [0.15, 0.2) is 0 Å². The van der Waals surface area contributed by atoms with Gasteiger partial charge in [-0.2, -0.15) is 0 Å². The molecular formula is C16H14BrF2NO. The predicted octanol–water partition coefficient (Wildman–Crippen LogP) is 4.77. The molecule has 1 N–H and O–H groups in total. The number of benzene rings is 2. The first-order chi connectivity index (χ1) is 10.1. The van der Waals surface area contributed by atoms with E-state index < -0.39 is 5.82 Å². The van der Waals surface area contributed by atoms with Crippen LogP contribution in [0.15, 0.2) is 40.9 Å². The van der Waals surface area contributed by atoms with Crippen molar-refractivity contribution in [1.29, 1.82) is 0 Å². The minimum absolute atomic E-state index is 0.321. The van der Waals surface area contributed by atoms with Crippen molar-refractivity contribution < 1.29 is 13.5 Å². The van der Waals surface area contributed by atoms with Crippen LogP contribution in [0.5, 0.6) is 11.5 Å². The van der Waals surface area contributed by atoms with Crippen LogP contribution in [0.1, 0.15) is 18.4 Å². The van der Waals surface area contributed by atoms with Gasteiger partial charge in [0, 0.05) is 24.7 Å². The van der Waals surface area contributed by atoms with Crippen LogP contribution in [0, 0.1) is 11.6 Å². The average molecular weight is 354 g/mol. The Bertz CT molecular complexity index is 659. The summed E-state index contributed by atoms with van der Waals surface area (Å²) < 4.78 is 33.1. The first kappa shape index (κ1) is 14.5. The van der Waals surface area contributed by atoms with Crippen LogP contribution >= 0.6 is 15.9 Å². The van der Waals surface area contributed by atoms with Crippen molar-refractivity contribution in [1.82, 2.24) is 5.32 Å². The van der Waals surface area contributed by atoms with Crippen LogP contribution in [0.25, 0.3) is 0 Å².